The molecule has 5 nitrogen and oxygen atoms in total. The van der Waals surface area contributed by atoms with Crippen LogP contribution in [0.3, 0.4) is 0 Å². The average Bonchev–Trinajstić information content (AvgIpc) is 2.51. The molecule has 6 heteroatoms. The largest absolute Gasteiger partial charge is 0.480 e. The van der Waals surface area contributed by atoms with Crippen molar-refractivity contribution < 1.29 is 9.90 Å². The van der Waals surface area contributed by atoms with Crippen molar-refractivity contribution in [2.24, 2.45) is 0 Å². The van der Waals surface area contributed by atoms with E-state index in [1.54, 1.807) is 24.3 Å². The third-order valence-corrected chi connectivity index (χ3v) is 3.87. The van der Waals surface area contributed by atoms with Crippen LogP contribution in [0.15, 0.2) is 41.2 Å². The summed E-state index contributed by atoms with van der Waals surface area (Å²) in [6.45, 7) is -0.355. The maximum atomic E-state index is 12.6. The van der Waals surface area contributed by atoms with Crippen LogP contribution >= 0.6 is 11.6 Å². The Morgan fingerprint density at radius 3 is 2.64 bits per heavy atom. The predicted molar refractivity (Wildman–Crippen MR) is 83.1 cm³/mol. The molecule has 1 N–H and O–H groups in total. The number of aromatic nitrogens is 1. The fourth-order valence-electron chi connectivity index (χ4n) is 2.56. The fraction of sp³-hybridized carbons (Fsp3) is 0.0625. The number of nitriles is 1. The number of carbonyl (C=O) groups is 1. The Hall–Kier alpha value is -2.84. The smallest absolute Gasteiger partial charge is 0.323 e. The summed E-state index contributed by atoms with van der Waals surface area (Å²) in [5.41, 5.74) is 0.702. The Bertz CT molecular complexity index is 1030. The number of nitrogens with zero attached hydrogens (tertiary/aromatic N) is 2. The molecule has 0 saturated carbocycles. The van der Waals surface area contributed by atoms with Gasteiger partial charge in [-0.3, -0.25) is 9.59 Å². The van der Waals surface area contributed by atoms with Crippen molar-refractivity contribution in [1.29, 1.82) is 5.26 Å². The lowest BCUT2D eigenvalue weighted by Gasteiger charge is -2.14. The molecule has 1 heterocycles. The van der Waals surface area contributed by atoms with Crippen LogP contribution in [0.1, 0.15) is 5.56 Å². The van der Waals surface area contributed by atoms with E-state index in [4.69, 9.17) is 22.0 Å². The quantitative estimate of drug-likeness (QED) is 0.737. The van der Waals surface area contributed by atoms with Gasteiger partial charge in [0.2, 0.25) is 0 Å². The number of carboxylic acid groups (broad SMARTS) is 1. The highest BCUT2D eigenvalue weighted by Crippen LogP contribution is 2.28. The molecule has 3 rings (SSSR count). The first-order valence-corrected chi connectivity index (χ1v) is 6.78. The molecule has 0 unspecified atom stereocenters. The van der Waals surface area contributed by atoms with Gasteiger partial charge < -0.3 is 9.67 Å². The Balaban J connectivity index is 2.63. The molecule has 0 saturated heterocycles. The van der Waals surface area contributed by atoms with Crippen molar-refractivity contribution in [3.05, 3.63) is 57.2 Å². The highest BCUT2D eigenvalue weighted by molar-refractivity contribution is 6.36. The summed E-state index contributed by atoms with van der Waals surface area (Å²) in [6.07, 6.45) is 0. The monoisotopic (exact) mass is 312 g/mol. The van der Waals surface area contributed by atoms with E-state index in [0.717, 1.165) is 0 Å². The minimum Gasteiger partial charge on any atom is -0.480 e. The molecule has 0 amide bonds. The zero-order valence-corrected chi connectivity index (χ0v) is 12.0. The Morgan fingerprint density at radius 2 is 1.95 bits per heavy atom. The van der Waals surface area contributed by atoms with Crippen molar-refractivity contribution in [3.63, 3.8) is 0 Å². The first kappa shape index (κ1) is 14.1. The number of halogens is 1. The Labute approximate surface area is 129 Å². The van der Waals surface area contributed by atoms with Crippen LogP contribution in [0.25, 0.3) is 21.8 Å². The molecular formula is C16H9ClN2O3. The number of fused-ring (bicyclic) bond motifs is 2. The number of pyridine rings is 1. The molecule has 0 aliphatic carbocycles. The van der Waals surface area contributed by atoms with Gasteiger partial charge >= 0.3 is 5.97 Å². The van der Waals surface area contributed by atoms with Gasteiger partial charge in [0.1, 0.15) is 12.6 Å². The molecule has 22 heavy (non-hydrogen) atoms. The van der Waals surface area contributed by atoms with Crippen molar-refractivity contribution in [2.45, 2.75) is 6.54 Å². The summed E-state index contributed by atoms with van der Waals surface area (Å²) in [4.78, 5) is 23.8. The highest BCUT2D eigenvalue weighted by Gasteiger charge is 2.17. The van der Waals surface area contributed by atoms with Gasteiger partial charge in [-0.1, -0.05) is 23.7 Å². The van der Waals surface area contributed by atoms with Gasteiger partial charge in [-0.2, -0.15) is 5.26 Å². The van der Waals surface area contributed by atoms with E-state index < -0.39 is 5.97 Å². The van der Waals surface area contributed by atoms with E-state index in [2.05, 4.69) is 0 Å². The molecule has 0 radical (unpaired) electrons. The average molecular weight is 313 g/mol. The number of carboxylic acids is 1. The number of rotatable bonds is 2. The standard InChI is InChI=1S/C16H9ClN2O3/c17-14-9(7-18)5-6-11-15(14)19(8-13(20)21)12-4-2-1-3-10(12)16(11)22/h1-6H,8H2,(H,20,21). The number of para-hydroxylation sites is 1. The van der Waals surface area contributed by atoms with Crippen LogP contribution in [-0.2, 0) is 11.3 Å². The molecule has 0 spiro atoms. The molecule has 3 aromatic rings. The van der Waals surface area contributed by atoms with Gasteiger partial charge in [-0.25, -0.2) is 0 Å². The summed E-state index contributed by atoms with van der Waals surface area (Å²) in [7, 11) is 0. The van der Waals surface area contributed by atoms with Crippen LogP contribution < -0.4 is 5.43 Å². The molecule has 2 aromatic carbocycles. The molecule has 0 bridgehead atoms. The van der Waals surface area contributed by atoms with Crippen LogP contribution in [0.2, 0.25) is 5.02 Å². The van der Waals surface area contributed by atoms with Crippen molar-refractivity contribution in [1.82, 2.24) is 4.57 Å². The van der Waals surface area contributed by atoms with Gasteiger partial charge in [0, 0.05) is 10.8 Å². The summed E-state index contributed by atoms with van der Waals surface area (Å²) in [5, 5.41) is 19.1. The molecule has 0 aliphatic rings. The molecular weight excluding hydrogens is 304 g/mol. The first-order chi connectivity index (χ1) is 10.5. The highest BCUT2D eigenvalue weighted by atomic mass is 35.5. The number of benzene rings is 2. The third kappa shape index (κ3) is 2.01. The van der Waals surface area contributed by atoms with Crippen LogP contribution in [-0.4, -0.2) is 15.6 Å². The molecule has 1 aromatic heterocycles. The van der Waals surface area contributed by atoms with E-state index >= 15 is 0 Å². The molecule has 0 atom stereocenters. The van der Waals surface area contributed by atoms with Crippen molar-refractivity contribution in [3.8, 4) is 6.07 Å². The second kappa shape index (κ2) is 5.17. The van der Waals surface area contributed by atoms with E-state index in [-0.39, 0.29) is 28.1 Å². The van der Waals surface area contributed by atoms with Crippen LogP contribution in [0, 0.1) is 11.3 Å². The van der Waals surface area contributed by atoms with E-state index in [1.807, 2.05) is 6.07 Å². The van der Waals surface area contributed by atoms with Crippen molar-refractivity contribution in [2.75, 3.05) is 0 Å². The number of hydrogen-bond acceptors (Lipinski definition) is 3. The van der Waals surface area contributed by atoms with Gasteiger partial charge in [0.25, 0.3) is 0 Å². The third-order valence-electron chi connectivity index (χ3n) is 3.48. The second-order valence-corrected chi connectivity index (χ2v) is 5.14. The summed E-state index contributed by atoms with van der Waals surface area (Å²) < 4.78 is 1.46. The zero-order chi connectivity index (χ0) is 15.9. The lowest BCUT2D eigenvalue weighted by atomic mass is 10.1. The van der Waals surface area contributed by atoms with Gasteiger partial charge in [-0.15, -0.1) is 0 Å². The van der Waals surface area contributed by atoms with E-state index in [9.17, 15) is 9.59 Å². The lowest BCUT2D eigenvalue weighted by molar-refractivity contribution is -0.137. The normalized spacial score (nSPS) is 10.7. The van der Waals surface area contributed by atoms with Crippen molar-refractivity contribution >= 4 is 39.4 Å². The Kier molecular flexibility index (Phi) is 3.32. The summed E-state index contributed by atoms with van der Waals surface area (Å²) >= 11 is 6.23. The van der Waals surface area contributed by atoms with Crippen LogP contribution in [0.5, 0.6) is 0 Å². The summed E-state index contributed by atoms with van der Waals surface area (Å²) in [5.74, 6) is -1.06. The van der Waals surface area contributed by atoms with Gasteiger partial charge in [-0.05, 0) is 24.3 Å². The lowest BCUT2D eigenvalue weighted by Crippen LogP contribution is -2.16. The maximum absolute atomic E-state index is 12.6. The number of aliphatic carboxylic acids is 1. The molecule has 0 aliphatic heterocycles. The fourth-order valence-corrected chi connectivity index (χ4v) is 2.87. The molecule has 0 fully saturated rings. The van der Waals surface area contributed by atoms with Crippen LogP contribution in [0.4, 0.5) is 0 Å². The first-order valence-electron chi connectivity index (χ1n) is 6.40. The maximum Gasteiger partial charge on any atom is 0.323 e. The van der Waals surface area contributed by atoms with Gasteiger partial charge in [0.05, 0.1) is 21.6 Å². The minimum absolute atomic E-state index is 0.0871. The SMILES string of the molecule is N#Cc1ccc2c(=O)c3ccccc3n(CC(=O)O)c2c1Cl. The Morgan fingerprint density at radius 1 is 1.23 bits per heavy atom. The zero-order valence-electron chi connectivity index (χ0n) is 11.2. The topological polar surface area (TPSA) is 83.1 Å². The second-order valence-electron chi connectivity index (χ2n) is 4.76. The minimum atomic E-state index is -1.06. The predicted octanol–water partition coefficient (Wildman–Crippen LogP) is 2.76. The summed E-state index contributed by atoms with van der Waals surface area (Å²) in [6, 6.07) is 11.6. The van der Waals surface area contributed by atoms with Gasteiger partial charge in [0.15, 0.2) is 5.43 Å². The van der Waals surface area contributed by atoms with E-state index in [1.165, 1.54) is 16.7 Å². The molecule has 108 valence electrons. The van der Waals surface area contributed by atoms with E-state index in [0.29, 0.717) is 16.3 Å². The number of hydrogen-bond donors (Lipinski definition) is 1.